The molecule has 39 heavy (non-hydrogen) atoms. The number of imidazole rings is 1. The minimum Gasteiger partial charge on any atom is -0.497 e. The molecule has 2 aromatic heterocycles. The molecule has 2 aliphatic rings. The molecule has 10 heteroatoms. The van der Waals surface area contributed by atoms with Gasteiger partial charge in [-0.1, -0.05) is 18.2 Å². The highest BCUT2D eigenvalue weighted by Crippen LogP contribution is 2.33. The number of rotatable bonds is 5. The van der Waals surface area contributed by atoms with Crippen molar-refractivity contribution in [2.75, 3.05) is 31.6 Å². The van der Waals surface area contributed by atoms with Crippen LogP contribution in [0, 0.1) is 0 Å². The van der Waals surface area contributed by atoms with Gasteiger partial charge in [-0.15, -0.1) is 0 Å². The monoisotopic (exact) mass is 533 g/mol. The van der Waals surface area contributed by atoms with E-state index in [4.69, 9.17) is 14.5 Å². The number of hydrogen-bond donors (Lipinski definition) is 0. The number of amides is 4. The molecule has 0 atom stereocenters. The molecule has 0 bridgehead atoms. The molecular weight excluding hydrogens is 498 g/mol. The third-order valence-electron chi connectivity index (χ3n) is 7.22. The van der Waals surface area contributed by atoms with Crippen molar-refractivity contribution in [1.29, 1.82) is 0 Å². The lowest BCUT2D eigenvalue weighted by Gasteiger charge is -2.34. The van der Waals surface area contributed by atoms with Gasteiger partial charge in [-0.05, 0) is 68.9 Å². The van der Waals surface area contributed by atoms with Crippen LogP contribution in [0.2, 0.25) is 0 Å². The van der Waals surface area contributed by atoms with Crippen molar-refractivity contribution in [2.24, 2.45) is 0 Å². The summed E-state index contributed by atoms with van der Waals surface area (Å²) in [6, 6.07) is 11.0. The first-order valence-corrected chi connectivity index (χ1v) is 13.3. The van der Waals surface area contributed by atoms with Crippen LogP contribution in [0.5, 0.6) is 5.75 Å². The standard InChI is InChI=1S/C29H35N5O5/c1-29(2,3)39-28(37)31-15-11-21(12-16-31)23-6-5-14-32-24(18-30-26(23)32)33-17-13-25(35)34(27(33)36)19-20-7-9-22(38-4)10-8-20/h5-10,14,18,21H,11-13,15-17,19H2,1-4H3. The van der Waals surface area contributed by atoms with Crippen molar-refractivity contribution in [3.05, 3.63) is 59.9 Å². The number of anilines is 1. The van der Waals surface area contributed by atoms with E-state index in [9.17, 15) is 14.4 Å². The minimum absolute atomic E-state index is 0.191. The van der Waals surface area contributed by atoms with Gasteiger partial charge in [0.15, 0.2) is 0 Å². The number of benzene rings is 1. The largest absolute Gasteiger partial charge is 0.497 e. The highest BCUT2D eigenvalue weighted by Gasteiger charge is 2.35. The van der Waals surface area contributed by atoms with Crippen LogP contribution in [0.15, 0.2) is 48.8 Å². The SMILES string of the molecule is COc1ccc(CN2C(=O)CCN(c3cnc4c(C5CCN(C(=O)OC(C)(C)C)CC5)cccn34)C2=O)cc1. The zero-order valence-corrected chi connectivity index (χ0v) is 22.9. The van der Waals surface area contributed by atoms with Crippen molar-refractivity contribution < 1.29 is 23.9 Å². The minimum atomic E-state index is -0.521. The number of ether oxygens (including phenoxy) is 2. The molecule has 2 aliphatic heterocycles. The van der Waals surface area contributed by atoms with Crippen LogP contribution in [-0.4, -0.2) is 69.6 Å². The van der Waals surface area contributed by atoms with Crippen LogP contribution in [-0.2, 0) is 16.1 Å². The summed E-state index contributed by atoms with van der Waals surface area (Å²) in [5, 5.41) is 0. The molecule has 5 rings (SSSR count). The highest BCUT2D eigenvalue weighted by molar-refractivity contribution is 6.05. The van der Waals surface area contributed by atoms with Crippen LogP contribution in [0.4, 0.5) is 15.4 Å². The van der Waals surface area contributed by atoms with Crippen LogP contribution in [0.3, 0.4) is 0 Å². The van der Waals surface area contributed by atoms with Gasteiger partial charge in [-0.3, -0.25) is 19.0 Å². The Hall–Kier alpha value is -4.08. The predicted molar refractivity (Wildman–Crippen MR) is 146 cm³/mol. The molecule has 0 aliphatic carbocycles. The summed E-state index contributed by atoms with van der Waals surface area (Å²) in [6.07, 6.45) is 5.15. The Bertz CT molecular complexity index is 1370. The summed E-state index contributed by atoms with van der Waals surface area (Å²) in [4.78, 5) is 48.1. The number of fused-ring (bicyclic) bond motifs is 1. The lowest BCUT2D eigenvalue weighted by molar-refractivity contribution is -0.129. The summed E-state index contributed by atoms with van der Waals surface area (Å²) in [6.45, 7) is 7.32. The number of carbonyl (C=O) groups is 3. The third-order valence-corrected chi connectivity index (χ3v) is 7.22. The fourth-order valence-corrected chi connectivity index (χ4v) is 5.21. The second kappa shape index (κ2) is 10.6. The van der Waals surface area contributed by atoms with Crippen molar-refractivity contribution in [3.63, 3.8) is 0 Å². The summed E-state index contributed by atoms with van der Waals surface area (Å²) in [7, 11) is 1.60. The lowest BCUT2D eigenvalue weighted by Crippen LogP contribution is -2.52. The van der Waals surface area contributed by atoms with Gasteiger partial charge in [0.05, 0.1) is 19.9 Å². The van der Waals surface area contributed by atoms with Crippen LogP contribution < -0.4 is 9.64 Å². The number of hydrogen-bond acceptors (Lipinski definition) is 6. The van der Waals surface area contributed by atoms with E-state index in [1.807, 2.05) is 61.7 Å². The van der Waals surface area contributed by atoms with Crippen molar-refractivity contribution in [2.45, 2.75) is 58.1 Å². The maximum Gasteiger partial charge on any atom is 0.410 e. The zero-order chi connectivity index (χ0) is 27.7. The number of pyridine rings is 1. The molecule has 206 valence electrons. The Morgan fingerprint density at radius 3 is 2.44 bits per heavy atom. The third kappa shape index (κ3) is 5.55. The molecule has 3 aromatic rings. The molecule has 4 amide bonds. The van der Waals surface area contributed by atoms with Crippen molar-refractivity contribution in [3.8, 4) is 5.75 Å². The summed E-state index contributed by atoms with van der Waals surface area (Å²) in [5.74, 6) is 1.38. The van der Waals surface area contributed by atoms with E-state index < -0.39 is 5.60 Å². The molecule has 0 N–H and O–H groups in total. The number of piperidine rings is 1. The Balaban J connectivity index is 1.32. The molecule has 2 saturated heterocycles. The summed E-state index contributed by atoms with van der Waals surface area (Å²) in [5.41, 5.74) is 2.20. The lowest BCUT2D eigenvalue weighted by atomic mass is 9.90. The molecule has 2 fully saturated rings. The molecule has 1 aromatic carbocycles. The van der Waals surface area contributed by atoms with Crippen LogP contribution in [0.1, 0.15) is 57.1 Å². The van der Waals surface area contributed by atoms with Crippen molar-refractivity contribution >= 4 is 29.5 Å². The highest BCUT2D eigenvalue weighted by atomic mass is 16.6. The zero-order valence-electron chi connectivity index (χ0n) is 22.9. The van der Waals surface area contributed by atoms with E-state index in [-0.39, 0.29) is 36.9 Å². The van der Waals surface area contributed by atoms with E-state index in [0.29, 0.717) is 31.2 Å². The van der Waals surface area contributed by atoms with Crippen molar-refractivity contribution in [1.82, 2.24) is 19.2 Å². The van der Waals surface area contributed by atoms with E-state index in [2.05, 4.69) is 6.07 Å². The van der Waals surface area contributed by atoms with Gasteiger partial charge < -0.3 is 14.4 Å². The molecule has 0 saturated carbocycles. The quantitative estimate of drug-likeness (QED) is 0.467. The molecule has 0 radical (unpaired) electrons. The maximum atomic E-state index is 13.5. The molecule has 4 heterocycles. The first-order valence-electron chi connectivity index (χ1n) is 13.3. The number of methoxy groups -OCH3 is 1. The van der Waals surface area contributed by atoms with Gasteiger partial charge in [0.2, 0.25) is 5.91 Å². The van der Waals surface area contributed by atoms with E-state index in [1.54, 1.807) is 23.1 Å². The number of imide groups is 1. The normalized spacial score (nSPS) is 17.2. The topological polar surface area (TPSA) is 96.7 Å². The number of carbonyl (C=O) groups excluding carboxylic acids is 3. The van der Waals surface area contributed by atoms with Crippen LogP contribution in [0.25, 0.3) is 5.65 Å². The first-order chi connectivity index (χ1) is 18.6. The first kappa shape index (κ1) is 26.5. The van der Waals surface area contributed by atoms with E-state index in [0.717, 1.165) is 29.6 Å². The number of urea groups is 1. The second-order valence-corrected chi connectivity index (χ2v) is 11.0. The Kier molecular flexibility index (Phi) is 7.20. The Morgan fingerprint density at radius 1 is 1.05 bits per heavy atom. The molecule has 0 unspecified atom stereocenters. The van der Waals surface area contributed by atoms with Gasteiger partial charge in [-0.2, -0.15) is 0 Å². The van der Waals surface area contributed by atoms with Gasteiger partial charge in [0.25, 0.3) is 0 Å². The Labute approximate surface area is 228 Å². The maximum absolute atomic E-state index is 13.5. The molecule has 0 spiro atoms. The van der Waals surface area contributed by atoms with Gasteiger partial charge in [0, 0.05) is 32.3 Å². The number of aromatic nitrogens is 2. The predicted octanol–water partition coefficient (Wildman–Crippen LogP) is 4.82. The molecule has 10 nitrogen and oxygen atoms in total. The average Bonchev–Trinajstić information content (AvgIpc) is 3.35. The number of likely N-dealkylation sites (tertiary alicyclic amines) is 1. The van der Waals surface area contributed by atoms with Gasteiger partial charge >= 0.3 is 12.1 Å². The fraction of sp³-hybridized carbons (Fsp3) is 0.448. The van der Waals surface area contributed by atoms with Crippen LogP contribution >= 0.6 is 0 Å². The average molecular weight is 534 g/mol. The Morgan fingerprint density at radius 2 is 1.77 bits per heavy atom. The summed E-state index contributed by atoms with van der Waals surface area (Å²) < 4.78 is 12.7. The van der Waals surface area contributed by atoms with Gasteiger partial charge in [-0.25, -0.2) is 14.6 Å². The van der Waals surface area contributed by atoms with Gasteiger partial charge in [0.1, 0.15) is 22.8 Å². The smallest absolute Gasteiger partial charge is 0.410 e. The molecular formula is C29H35N5O5. The van der Waals surface area contributed by atoms with E-state index in [1.165, 1.54) is 4.90 Å². The fourth-order valence-electron chi connectivity index (χ4n) is 5.21. The second-order valence-electron chi connectivity index (χ2n) is 11.0. The number of nitrogens with zero attached hydrogens (tertiary/aromatic N) is 5. The van der Waals surface area contributed by atoms with E-state index >= 15 is 0 Å². The summed E-state index contributed by atoms with van der Waals surface area (Å²) >= 11 is 0.